The smallest absolute Gasteiger partial charge is 0.253 e. The summed E-state index contributed by atoms with van der Waals surface area (Å²) in [5.41, 5.74) is 2.62. The minimum absolute atomic E-state index is 0.0745. The molecule has 0 aliphatic heterocycles. The summed E-state index contributed by atoms with van der Waals surface area (Å²) in [6, 6.07) is 5.60. The number of carbonyl (C=O) groups is 1. The van der Waals surface area contributed by atoms with Crippen LogP contribution in [-0.4, -0.2) is 35.6 Å². The zero-order chi connectivity index (χ0) is 15.0. The number of aryl methyl sites for hydroxylation is 1. The van der Waals surface area contributed by atoms with Crippen LogP contribution in [0.15, 0.2) is 18.2 Å². The van der Waals surface area contributed by atoms with E-state index in [-0.39, 0.29) is 12.5 Å². The van der Waals surface area contributed by atoms with Crippen molar-refractivity contribution in [1.29, 1.82) is 0 Å². The van der Waals surface area contributed by atoms with Crippen molar-refractivity contribution in [3.05, 3.63) is 34.9 Å². The fourth-order valence-electron chi connectivity index (χ4n) is 2.01. The lowest BCUT2D eigenvalue weighted by Crippen LogP contribution is -2.31. The molecule has 1 N–H and O–H groups in total. The highest BCUT2D eigenvalue weighted by Crippen LogP contribution is 2.12. The van der Waals surface area contributed by atoms with E-state index in [0.717, 1.165) is 30.6 Å². The molecule has 1 amide bonds. The third kappa shape index (κ3) is 4.40. The zero-order valence-corrected chi connectivity index (χ0v) is 12.6. The highest BCUT2D eigenvalue weighted by atomic mass is 16.2. The molecule has 0 radical (unpaired) electrons. The molecule has 20 heavy (non-hydrogen) atoms. The monoisotopic (exact) mass is 273 g/mol. The van der Waals surface area contributed by atoms with Crippen LogP contribution in [0.25, 0.3) is 0 Å². The number of benzene rings is 1. The van der Waals surface area contributed by atoms with E-state index in [1.54, 1.807) is 0 Å². The van der Waals surface area contributed by atoms with Gasteiger partial charge in [-0.3, -0.25) is 4.79 Å². The molecule has 0 fully saturated rings. The molecule has 108 valence electrons. The van der Waals surface area contributed by atoms with Crippen LogP contribution in [0.4, 0.5) is 0 Å². The first kappa shape index (κ1) is 16.3. The maximum atomic E-state index is 12.3. The summed E-state index contributed by atoms with van der Waals surface area (Å²) in [6.07, 6.45) is 1.43. The van der Waals surface area contributed by atoms with Crippen LogP contribution >= 0.6 is 0 Å². The Bertz CT molecular complexity index is 511. The highest BCUT2D eigenvalue weighted by Gasteiger charge is 2.13. The summed E-state index contributed by atoms with van der Waals surface area (Å²) in [7, 11) is 0. The lowest BCUT2D eigenvalue weighted by molar-refractivity contribution is 0.0764. The molecule has 0 saturated heterocycles. The van der Waals surface area contributed by atoms with Gasteiger partial charge in [-0.1, -0.05) is 18.8 Å². The average Bonchev–Trinajstić information content (AvgIpc) is 2.46. The first-order chi connectivity index (χ1) is 9.63. The number of aliphatic hydroxyl groups excluding tert-OH is 1. The second-order valence-corrected chi connectivity index (χ2v) is 4.69. The molecule has 0 heterocycles. The van der Waals surface area contributed by atoms with Gasteiger partial charge in [-0.05, 0) is 44.0 Å². The van der Waals surface area contributed by atoms with Crippen molar-refractivity contribution in [3.8, 4) is 11.8 Å². The Kier molecular flexibility index (Phi) is 6.83. The second-order valence-electron chi connectivity index (χ2n) is 4.69. The number of hydrogen-bond donors (Lipinski definition) is 1. The lowest BCUT2D eigenvalue weighted by Gasteiger charge is -2.20. The van der Waals surface area contributed by atoms with Gasteiger partial charge in [0.2, 0.25) is 0 Å². The normalized spacial score (nSPS) is 9.80. The summed E-state index contributed by atoms with van der Waals surface area (Å²) in [6.45, 7) is 7.60. The van der Waals surface area contributed by atoms with E-state index in [2.05, 4.69) is 18.8 Å². The highest BCUT2D eigenvalue weighted by molar-refractivity contribution is 5.94. The second kappa shape index (κ2) is 8.39. The van der Waals surface area contributed by atoms with Crippen molar-refractivity contribution in [3.63, 3.8) is 0 Å². The molecule has 0 spiro atoms. The molecule has 1 aromatic rings. The standard InChI is InChI=1S/C17H23NO2/c1-4-11-18(5-2)17(20)16-10-9-15(14(3)13-16)8-6-7-12-19/h9-10,13,19H,4-5,7,11-12H2,1-3H3. The van der Waals surface area contributed by atoms with Crippen LogP contribution in [0.3, 0.4) is 0 Å². The van der Waals surface area contributed by atoms with Crippen molar-refractivity contribution in [1.82, 2.24) is 4.90 Å². The number of amides is 1. The van der Waals surface area contributed by atoms with Gasteiger partial charge < -0.3 is 10.0 Å². The van der Waals surface area contributed by atoms with Crippen molar-refractivity contribution < 1.29 is 9.90 Å². The Morgan fingerprint density at radius 3 is 2.65 bits per heavy atom. The van der Waals surface area contributed by atoms with E-state index < -0.39 is 0 Å². The van der Waals surface area contributed by atoms with Crippen LogP contribution in [-0.2, 0) is 0 Å². The molecule has 0 aliphatic carbocycles. The van der Waals surface area contributed by atoms with E-state index in [9.17, 15) is 4.79 Å². The molecular weight excluding hydrogens is 250 g/mol. The predicted molar refractivity (Wildman–Crippen MR) is 81.6 cm³/mol. The maximum Gasteiger partial charge on any atom is 0.253 e. The molecule has 0 saturated carbocycles. The minimum Gasteiger partial charge on any atom is -0.395 e. The van der Waals surface area contributed by atoms with Gasteiger partial charge in [-0.25, -0.2) is 0 Å². The van der Waals surface area contributed by atoms with Crippen molar-refractivity contribution >= 4 is 5.91 Å². The molecule has 0 aromatic heterocycles. The molecule has 1 rings (SSSR count). The predicted octanol–water partition coefficient (Wildman–Crippen LogP) is 2.60. The van der Waals surface area contributed by atoms with Gasteiger partial charge >= 0.3 is 0 Å². The maximum absolute atomic E-state index is 12.3. The van der Waals surface area contributed by atoms with Gasteiger partial charge in [0.15, 0.2) is 0 Å². The average molecular weight is 273 g/mol. The van der Waals surface area contributed by atoms with Crippen LogP contribution in [0.1, 0.15) is 48.2 Å². The van der Waals surface area contributed by atoms with E-state index in [4.69, 9.17) is 5.11 Å². The minimum atomic E-state index is 0.0745. The number of hydrogen-bond acceptors (Lipinski definition) is 2. The SMILES string of the molecule is CCCN(CC)C(=O)c1ccc(C#CCCO)c(C)c1. The van der Waals surface area contributed by atoms with E-state index in [1.165, 1.54) is 0 Å². The number of carbonyl (C=O) groups excluding carboxylic acids is 1. The molecule has 0 aliphatic rings. The van der Waals surface area contributed by atoms with E-state index in [1.807, 2.05) is 36.9 Å². The Morgan fingerprint density at radius 2 is 2.10 bits per heavy atom. The summed E-state index contributed by atoms with van der Waals surface area (Å²) < 4.78 is 0. The topological polar surface area (TPSA) is 40.5 Å². The summed E-state index contributed by atoms with van der Waals surface area (Å²) >= 11 is 0. The molecule has 3 heteroatoms. The third-order valence-electron chi connectivity index (χ3n) is 3.10. The van der Waals surface area contributed by atoms with Gasteiger partial charge in [-0.15, -0.1) is 0 Å². The molecule has 3 nitrogen and oxygen atoms in total. The molecule has 0 unspecified atom stereocenters. The molecule has 0 bridgehead atoms. The summed E-state index contributed by atoms with van der Waals surface area (Å²) in [5.74, 6) is 5.99. The van der Waals surface area contributed by atoms with Gasteiger partial charge in [0.05, 0.1) is 6.61 Å². The fourth-order valence-corrected chi connectivity index (χ4v) is 2.01. The van der Waals surface area contributed by atoms with Gasteiger partial charge in [-0.2, -0.15) is 0 Å². The molecular formula is C17H23NO2. The largest absolute Gasteiger partial charge is 0.395 e. The Hall–Kier alpha value is -1.79. The Balaban J connectivity index is 2.92. The number of rotatable bonds is 5. The fraction of sp³-hybridized carbons (Fsp3) is 0.471. The third-order valence-corrected chi connectivity index (χ3v) is 3.10. The van der Waals surface area contributed by atoms with Crippen LogP contribution in [0, 0.1) is 18.8 Å². The van der Waals surface area contributed by atoms with Crippen LogP contribution in [0.5, 0.6) is 0 Å². The summed E-state index contributed by atoms with van der Waals surface area (Å²) in [5, 5.41) is 8.72. The molecule has 0 atom stereocenters. The quantitative estimate of drug-likeness (QED) is 0.838. The van der Waals surface area contributed by atoms with Crippen LogP contribution in [0.2, 0.25) is 0 Å². The first-order valence-electron chi connectivity index (χ1n) is 7.13. The van der Waals surface area contributed by atoms with E-state index >= 15 is 0 Å². The first-order valence-corrected chi connectivity index (χ1v) is 7.13. The van der Waals surface area contributed by atoms with Gasteiger partial charge in [0.1, 0.15) is 0 Å². The van der Waals surface area contributed by atoms with E-state index in [0.29, 0.717) is 12.0 Å². The number of nitrogens with zero attached hydrogens (tertiary/aromatic N) is 1. The van der Waals surface area contributed by atoms with Gasteiger partial charge in [0.25, 0.3) is 5.91 Å². The van der Waals surface area contributed by atoms with Gasteiger partial charge in [0, 0.05) is 30.6 Å². The summed E-state index contributed by atoms with van der Waals surface area (Å²) in [4.78, 5) is 14.2. The Labute approximate surface area is 121 Å². The van der Waals surface area contributed by atoms with Crippen molar-refractivity contribution in [2.75, 3.05) is 19.7 Å². The zero-order valence-electron chi connectivity index (χ0n) is 12.6. The van der Waals surface area contributed by atoms with Crippen molar-refractivity contribution in [2.24, 2.45) is 0 Å². The van der Waals surface area contributed by atoms with Crippen LogP contribution < -0.4 is 0 Å². The van der Waals surface area contributed by atoms with Crippen molar-refractivity contribution in [2.45, 2.75) is 33.6 Å². The molecule has 1 aromatic carbocycles. The Morgan fingerprint density at radius 1 is 1.35 bits per heavy atom. The number of aliphatic hydroxyl groups is 1. The lowest BCUT2D eigenvalue weighted by atomic mass is 10.0.